The zero-order valence-corrected chi connectivity index (χ0v) is 15.4. The smallest absolute Gasteiger partial charge is 0.255 e. The van der Waals surface area contributed by atoms with Crippen molar-refractivity contribution in [1.82, 2.24) is 4.31 Å². The van der Waals surface area contributed by atoms with Gasteiger partial charge < -0.3 is 5.32 Å². The fourth-order valence-corrected chi connectivity index (χ4v) is 4.85. The molecule has 2 aromatic carbocycles. The SMILES string of the molecule is Cc1cccc(C(=O)Nc2ccc(Cl)c(S(=O)(=O)N3CCCC3)c2)c1. The van der Waals surface area contributed by atoms with E-state index in [1.54, 1.807) is 24.3 Å². The van der Waals surface area contributed by atoms with E-state index in [-0.39, 0.29) is 15.8 Å². The molecule has 25 heavy (non-hydrogen) atoms. The van der Waals surface area contributed by atoms with E-state index in [0.29, 0.717) is 24.3 Å². The standard InChI is InChI=1S/C18H19ClN2O3S/c1-13-5-4-6-14(11-13)18(22)20-15-7-8-16(19)17(12-15)25(23,24)21-9-2-3-10-21/h4-8,11-12H,2-3,9-10H2,1H3,(H,20,22). The zero-order chi connectivity index (χ0) is 18.0. The van der Waals surface area contributed by atoms with E-state index in [2.05, 4.69) is 5.32 Å². The second-order valence-electron chi connectivity index (χ2n) is 6.08. The van der Waals surface area contributed by atoms with E-state index in [1.165, 1.54) is 16.4 Å². The highest BCUT2D eigenvalue weighted by Gasteiger charge is 2.29. The van der Waals surface area contributed by atoms with Crippen LogP contribution in [0, 0.1) is 6.92 Å². The van der Waals surface area contributed by atoms with Crippen molar-refractivity contribution in [2.45, 2.75) is 24.7 Å². The summed E-state index contributed by atoms with van der Waals surface area (Å²) < 4.78 is 26.9. The maximum absolute atomic E-state index is 12.7. The number of halogens is 1. The van der Waals surface area contributed by atoms with Gasteiger partial charge in [0.1, 0.15) is 4.90 Å². The van der Waals surface area contributed by atoms with Gasteiger partial charge in [-0.25, -0.2) is 8.42 Å². The fraction of sp³-hybridized carbons (Fsp3) is 0.278. The highest BCUT2D eigenvalue weighted by molar-refractivity contribution is 7.89. The summed E-state index contributed by atoms with van der Waals surface area (Å²) in [5, 5.41) is 2.89. The number of anilines is 1. The number of carbonyl (C=O) groups is 1. The van der Waals surface area contributed by atoms with Crippen LogP contribution in [0.5, 0.6) is 0 Å². The predicted octanol–water partition coefficient (Wildman–Crippen LogP) is 3.69. The lowest BCUT2D eigenvalue weighted by Gasteiger charge is -2.17. The van der Waals surface area contributed by atoms with Crippen molar-refractivity contribution >= 4 is 33.2 Å². The van der Waals surface area contributed by atoms with Gasteiger partial charge in [0.2, 0.25) is 10.0 Å². The number of rotatable bonds is 4. The number of sulfonamides is 1. The molecule has 1 heterocycles. The van der Waals surface area contributed by atoms with E-state index in [4.69, 9.17) is 11.6 Å². The summed E-state index contributed by atoms with van der Waals surface area (Å²) in [6.07, 6.45) is 1.70. The first-order valence-electron chi connectivity index (χ1n) is 8.05. The Hall–Kier alpha value is -1.89. The zero-order valence-electron chi connectivity index (χ0n) is 13.8. The van der Waals surface area contributed by atoms with Gasteiger partial charge in [0.15, 0.2) is 0 Å². The molecule has 0 aliphatic carbocycles. The van der Waals surface area contributed by atoms with E-state index < -0.39 is 10.0 Å². The Kier molecular flexibility index (Phi) is 5.13. The maximum atomic E-state index is 12.7. The molecule has 2 aromatic rings. The van der Waals surface area contributed by atoms with Gasteiger partial charge in [-0.2, -0.15) is 4.31 Å². The van der Waals surface area contributed by atoms with Crippen molar-refractivity contribution in [3.05, 3.63) is 58.6 Å². The quantitative estimate of drug-likeness (QED) is 0.882. The van der Waals surface area contributed by atoms with Gasteiger partial charge in [0, 0.05) is 24.3 Å². The van der Waals surface area contributed by atoms with Crippen LogP contribution >= 0.6 is 11.6 Å². The first-order chi connectivity index (χ1) is 11.9. The Morgan fingerprint density at radius 3 is 2.52 bits per heavy atom. The van der Waals surface area contributed by atoms with E-state index in [1.807, 2.05) is 13.0 Å². The molecular weight excluding hydrogens is 360 g/mol. The lowest BCUT2D eigenvalue weighted by atomic mass is 10.1. The molecule has 1 aliphatic rings. The second-order valence-corrected chi connectivity index (χ2v) is 8.39. The van der Waals surface area contributed by atoms with Gasteiger partial charge in [0.05, 0.1) is 5.02 Å². The van der Waals surface area contributed by atoms with Crippen LogP contribution in [0.2, 0.25) is 5.02 Å². The van der Waals surface area contributed by atoms with Crippen molar-refractivity contribution in [3.8, 4) is 0 Å². The number of hydrogen-bond donors (Lipinski definition) is 1. The topological polar surface area (TPSA) is 66.5 Å². The highest BCUT2D eigenvalue weighted by atomic mass is 35.5. The number of nitrogens with zero attached hydrogens (tertiary/aromatic N) is 1. The molecule has 0 radical (unpaired) electrons. The molecule has 7 heteroatoms. The third kappa shape index (κ3) is 3.86. The molecular formula is C18H19ClN2O3S. The third-order valence-electron chi connectivity index (χ3n) is 4.15. The molecule has 1 saturated heterocycles. The second kappa shape index (κ2) is 7.15. The van der Waals surface area contributed by atoms with Crippen molar-refractivity contribution < 1.29 is 13.2 Å². The van der Waals surface area contributed by atoms with Gasteiger partial charge in [0.25, 0.3) is 5.91 Å². The summed E-state index contributed by atoms with van der Waals surface area (Å²) in [6.45, 7) is 2.90. The molecule has 0 saturated carbocycles. The molecule has 1 fully saturated rings. The highest BCUT2D eigenvalue weighted by Crippen LogP contribution is 2.29. The van der Waals surface area contributed by atoms with Crippen LogP contribution in [0.4, 0.5) is 5.69 Å². The Labute approximate surface area is 152 Å². The Balaban J connectivity index is 1.88. The van der Waals surface area contributed by atoms with Crippen molar-refractivity contribution in [2.24, 2.45) is 0 Å². The number of nitrogens with one attached hydrogen (secondary N) is 1. The van der Waals surface area contributed by atoms with Gasteiger partial charge in [-0.05, 0) is 50.1 Å². The molecule has 0 spiro atoms. The van der Waals surface area contributed by atoms with Gasteiger partial charge in [-0.3, -0.25) is 4.79 Å². The molecule has 5 nitrogen and oxygen atoms in total. The van der Waals surface area contributed by atoms with Gasteiger partial charge in [-0.1, -0.05) is 29.3 Å². The first-order valence-corrected chi connectivity index (χ1v) is 9.87. The molecule has 0 unspecified atom stereocenters. The fourth-order valence-electron chi connectivity index (χ4n) is 2.84. The minimum Gasteiger partial charge on any atom is -0.322 e. The number of amides is 1. The largest absolute Gasteiger partial charge is 0.322 e. The Bertz CT molecular complexity index is 906. The number of hydrogen-bond acceptors (Lipinski definition) is 3. The molecule has 0 bridgehead atoms. The lowest BCUT2D eigenvalue weighted by molar-refractivity contribution is 0.102. The number of carbonyl (C=O) groups excluding carboxylic acids is 1. The molecule has 132 valence electrons. The first kappa shape index (κ1) is 17.9. The van der Waals surface area contributed by atoms with Crippen LogP contribution in [-0.4, -0.2) is 31.7 Å². The van der Waals surface area contributed by atoms with Crippen LogP contribution < -0.4 is 5.32 Å². The van der Waals surface area contributed by atoms with Crippen molar-refractivity contribution in [1.29, 1.82) is 0 Å². The van der Waals surface area contributed by atoms with E-state index in [0.717, 1.165) is 18.4 Å². The Morgan fingerprint density at radius 2 is 1.84 bits per heavy atom. The average molecular weight is 379 g/mol. The van der Waals surface area contributed by atoms with E-state index >= 15 is 0 Å². The van der Waals surface area contributed by atoms with Gasteiger partial charge >= 0.3 is 0 Å². The summed E-state index contributed by atoms with van der Waals surface area (Å²) in [4.78, 5) is 12.4. The molecule has 1 aliphatic heterocycles. The minimum absolute atomic E-state index is 0.0260. The molecule has 0 aromatic heterocycles. The summed E-state index contributed by atoms with van der Waals surface area (Å²) >= 11 is 6.11. The maximum Gasteiger partial charge on any atom is 0.255 e. The van der Waals surface area contributed by atoms with Crippen molar-refractivity contribution in [3.63, 3.8) is 0 Å². The number of aryl methyl sites for hydroxylation is 1. The molecule has 0 atom stereocenters. The molecule has 3 rings (SSSR count). The van der Waals surface area contributed by atoms with Crippen LogP contribution in [0.25, 0.3) is 0 Å². The van der Waals surface area contributed by atoms with Crippen molar-refractivity contribution in [2.75, 3.05) is 18.4 Å². The Morgan fingerprint density at radius 1 is 1.12 bits per heavy atom. The summed E-state index contributed by atoms with van der Waals surface area (Å²) in [6, 6.07) is 11.7. The normalized spacial score (nSPS) is 15.3. The summed E-state index contributed by atoms with van der Waals surface area (Å²) in [5.74, 6) is -0.296. The van der Waals surface area contributed by atoms with Gasteiger partial charge in [-0.15, -0.1) is 0 Å². The summed E-state index contributed by atoms with van der Waals surface area (Å²) in [7, 11) is -3.65. The molecule has 1 amide bonds. The predicted molar refractivity (Wildman–Crippen MR) is 98.6 cm³/mol. The van der Waals surface area contributed by atoms with E-state index in [9.17, 15) is 13.2 Å². The minimum atomic E-state index is -3.65. The monoisotopic (exact) mass is 378 g/mol. The lowest BCUT2D eigenvalue weighted by Crippen LogP contribution is -2.28. The third-order valence-corrected chi connectivity index (χ3v) is 6.53. The molecule has 1 N–H and O–H groups in total. The average Bonchev–Trinajstić information content (AvgIpc) is 3.12. The number of benzene rings is 2. The van der Waals surface area contributed by atoms with Crippen LogP contribution in [0.3, 0.4) is 0 Å². The van der Waals surface area contributed by atoms with Crippen LogP contribution in [0.1, 0.15) is 28.8 Å². The van der Waals surface area contributed by atoms with Crippen LogP contribution in [0.15, 0.2) is 47.4 Å². The summed E-state index contributed by atoms with van der Waals surface area (Å²) in [5.41, 5.74) is 1.88. The van der Waals surface area contributed by atoms with Crippen LogP contribution in [-0.2, 0) is 10.0 Å².